The first-order chi connectivity index (χ1) is 15.1. The molecule has 0 aliphatic heterocycles. The number of hydrogen-bond acceptors (Lipinski definition) is 4. The molecule has 2 aliphatic rings. The molecule has 1 amide bonds. The fraction of sp³-hybridized carbons (Fsp3) is 0.346. The molecular weight excluding hydrogens is 388 g/mol. The van der Waals surface area contributed by atoms with Gasteiger partial charge in [-0.2, -0.15) is 0 Å². The van der Waals surface area contributed by atoms with E-state index in [4.69, 9.17) is 9.72 Å². The van der Waals surface area contributed by atoms with E-state index < -0.39 is 12.1 Å². The molecular formula is C26H26N2O3. The van der Waals surface area contributed by atoms with Crippen LogP contribution in [0.1, 0.15) is 65.0 Å². The molecule has 5 heteroatoms. The molecule has 2 aliphatic carbocycles. The predicted molar refractivity (Wildman–Crippen MR) is 119 cm³/mol. The third-order valence-electron chi connectivity index (χ3n) is 6.46. The number of nitrogens with zero attached hydrogens (tertiary/aromatic N) is 1. The zero-order valence-corrected chi connectivity index (χ0v) is 17.7. The van der Waals surface area contributed by atoms with Crippen LogP contribution in [0.5, 0.6) is 0 Å². The minimum atomic E-state index is -0.870. The number of rotatable bonds is 4. The molecule has 1 heterocycles. The van der Waals surface area contributed by atoms with Crippen molar-refractivity contribution in [2.75, 3.05) is 0 Å². The fourth-order valence-corrected chi connectivity index (χ4v) is 4.91. The topological polar surface area (TPSA) is 68.3 Å². The van der Waals surface area contributed by atoms with Crippen molar-refractivity contribution in [1.29, 1.82) is 0 Å². The van der Waals surface area contributed by atoms with Crippen molar-refractivity contribution in [3.63, 3.8) is 0 Å². The Morgan fingerprint density at radius 1 is 1.03 bits per heavy atom. The SMILES string of the molecule is C[C@@H](OC(=O)c1c2c(nc3ccccc13)CCC2)C(=O)N[C@H]1CCCc2ccccc21. The summed E-state index contributed by atoms with van der Waals surface area (Å²) in [7, 11) is 0. The number of aromatic nitrogens is 1. The van der Waals surface area contributed by atoms with E-state index in [0.717, 1.165) is 60.7 Å². The minimum Gasteiger partial charge on any atom is -0.449 e. The molecule has 158 valence electrons. The van der Waals surface area contributed by atoms with Crippen molar-refractivity contribution in [2.45, 2.75) is 57.6 Å². The lowest BCUT2D eigenvalue weighted by Crippen LogP contribution is -2.39. The number of aryl methyl sites for hydroxylation is 2. The Morgan fingerprint density at radius 3 is 2.74 bits per heavy atom. The van der Waals surface area contributed by atoms with Gasteiger partial charge < -0.3 is 10.1 Å². The Kier molecular flexibility index (Phi) is 5.18. The second-order valence-electron chi connectivity index (χ2n) is 8.48. The van der Waals surface area contributed by atoms with Crippen molar-refractivity contribution >= 4 is 22.8 Å². The van der Waals surface area contributed by atoms with Gasteiger partial charge in [-0.25, -0.2) is 4.79 Å². The summed E-state index contributed by atoms with van der Waals surface area (Å²) in [6.07, 6.45) is 4.76. The highest BCUT2D eigenvalue weighted by molar-refractivity contribution is 6.06. The quantitative estimate of drug-likeness (QED) is 0.640. The second kappa shape index (κ2) is 8.14. The Bertz CT molecular complexity index is 1170. The van der Waals surface area contributed by atoms with Gasteiger partial charge in [0.1, 0.15) is 0 Å². The highest BCUT2D eigenvalue weighted by Gasteiger charge is 2.29. The van der Waals surface area contributed by atoms with Gasteiger partial charge in [-0.3, -0.25) is 9.78 Å². The van der Waals surface area contributed by atoms with E-state index in [2.05, 4.69) is 17.4 Å². The number of para-hydroxylation sites is 1. The molecule has 0 saturated heterocycles. The molecule has 0 radical (unpaired) electrons. The number of carbonyl (C=O) groups excluding carboxylic acids is 2. The van der Waals surface area contributed by atoms with Crippen LogP contribution in [-0.4, -0.2) is 23.0 Å². The summed E-state index contributed by atoms with van der Waals surface area (Å²) in [5.74, 6) is -0.700. The lowest BCUT2D eigenvalue weighted by Gasteiger charge is -2.27. The first-order valence-electron chi connectivity index (χ1n) is 11.1. The lowest BCUT2D eigenvalue weighted by molar-refractivity contribution is -0.130. The van der Waals surface area contributed by atoms with Crippen molar-refractivity contribution in [2.24, 2.45) is 0 Å². The van der Waals surface area contributed by atoms with Gasteiger partial charge in [0.15, 0.2) is 6.10 Å². The number of esters is 1. The Labute approximate surface area is 181 Å². The summed E-state index contributed by atoms with van der Waals surface area (Å²) in [5, 5.41) is 3.89. The summed E-state index contributed by atoms with van der Waals surface area (Å²) >= 11 is 0. The number of hydrogen-bond donors (Lipinski definition) is 1. The number of pyridine rings is 1. The Balaban J connectivity index is 1.35. The number of carbonyl (C=O) groups is 2. The van der Waals surface area contributed by atoms with Gasteiger partial charge in [0, 0.05) is 11.1 Å². The molecule has 31 heavy (non-hydrogen) atoms. The molecule has 2 aromatic carbocycles. The second-order valence-corrected chi connectivity index (χ2v) is 8.48. The molecule has 1 aromatic heterocycles. The number of benzene rings is 2. The van der Waals surface area contributed by atoms with E-state index in [1.165, 1.54) is 11.1 Å². The van der Waals surface area contributed by atoms with E-state index in [1.807, 2.05) is 36.4 Å². The van der Waals surface area contributed by atoms with Gasteiger partial charge in [0.2, 0.25) is 0 Å². The first kappa shape index (κ1) is 19.7. The number of nitrogens with one attached hydrogen (secondary N) is 1. The summed E-state index contributed by atoms with van der Waals surface area (Å²) in [4.78, 5) is 30.8. The molecule has 2 atom stereocenters. The normalized spacial score (nSPS) is 18.2. The van der Waals surface area contributed by atoms with Gasteiger partial charge in [-0.15, -0.1) is 0 Å². The zero-order chi connectivity index (χ0) is 21.4. The summed E-state index contributed by atoms with van der Waals surface area (Å²) in [5.41, 5.74) is 5.76. The van der Waals surface area contributed by atoms with Crippen LogP contribution < -0.4 is 5.32 Å². The average Bonchev–Trinajstić information content (AvgIpc) is 3.25. The van der Waals surface area contributed by atoms with Gasteiger partial charge in [-0.1, -0.05) is 42.5 Å². The molecule has 3 aromatic rings. The molecule has 1 N–H and O–H groups in total. The van der Waals surface area contributed by atoms with Crippen molar-refractivity contribution in [3.05, 3.63) is 76.5 Å². The van der Waals surface area contributed by atoms with Crippen LogP contribution >= 0.6 is 0 Å². The number of ether oxygens (including phenoxy) is 1. The lowest BCUT2D eigenvalue weighted by atomic mass is 9.87. The van der Waals surface area contributed by atoms with Crippen LogP contribution in [0.15, 0.2) is 48.5 Å². The van der Waals surface area contributed by atoms with E-state index in [0.29, 0.717) is 5.56 Å². The number of fused-ring (bicyclic) bond motifs is 3. The number of amides is 1. The summed E-state index contributed by atoms with van der Waals surface area (Å²) in [6.45, 7) is 1.64. The highest BCUT2D eigenvalue weighted by atomic mass is 16.5. The smallest absolute Gasteiger partial charge is 0.339 e. The van der Waals surface area contributed by atoms with Crippen LogP contribution in [0.3, 0.4) is 0 Å². The summed E-state index contributed by atoms with van der Waals surface area (Å²) < 4.78 is 5.68. The van der Waals surface area contributed by atoms with Crippen LogP contribution in [0.25, 0.3) is 10.9 Å². The molecule has 0 bridgehead atoms. The van der Waals surface area contributed by atoms with Gasteiger partial charge in [0.25, 0.3) is 5.91 Å². The molecule has 5 rings (SSSR count). The minimum absolute atomic E-state index is 0.0374. The van der Waals surface area contributed by atoms with Crippen molar-refractivity contribution < 1.29 is 14.3 Å². The molecule has 0 fully saturated rings. The van der Waals surface area contributed by atoms with Crippen molar-refractivity contribution in [3.8, 4) is 0 Å². The molecule has 0 spiro atoms. The third kappa shape index (κ3) is 3.69. The highest BCUT2D eigenvalue weighted by Crippen LogP contribution is 2.31. The van der Waals surface area contributed by atoms with Gasteiger partial charge >= 0.3 is 5.97 Å². The van der Waals surface area contributed by atoms with Crippen LogP contribution in [0, 0.1) is 0 Å². The predicted octanol–water partition coefficient (Wildman–Crippen LogP) is 4.46. The molecule has 5 nitrogen and oxygen atoms in total. The fourth-order valence-electron chi connectivity index (χ4n) is 4.91. The van der Waals surface area contributed by atoms with E-state index >= 15 is 0 Å². The van der Waals surface area contributed by atoms with Crippen LogP contribution in [0.4, 0.5) is 0 Å². The van der Waals surface area contributed by atoms with Crippen LogP contribution in [0.2, 0.25) is 0 Å². The van der Waals surface area contributed by atoms with Gasteiger partial charge in [0.05, 0.1) is 17.1 Å². The standard InChI is InChI=1S/C26H26N2O3/c1-16(25(29)28-21-14-6-9-17-8-2-3-10-18(17)21)31-26(30)24-19-11-4-5-13-22(19)27-23-15-7-12-20(23)24/h2-5,8,10-11,13,16,21H,6-7,9,12,14-15H2,1H3,(H,28,29)/t16-,21+/m1/s1. The van der Waals surface area contributed by atoms with E-state index in [1.54, 1.807) is 6.92 Å². The Morgan fingerprint density at radius 2 is 1.84 bits per heavy atom. The van der Waals surface area contributed by atoms with Crippen molar-refractivity contribution in [1.82, 2.24) is 10.3 Å². The maximum atomic E-state index is 13.2. The third-order valence-corrected chi connectivity index (χ3v) is 6.46. The van der Waals surface area contributed by atoms with Crippen LogP contribution in [-0.2, 0) is 28.8 Å². The van der Waals surface area contributed by atoms with E-state index in [9.17, 15) is 9.59 Å². The maximum absolute atomic E-state index is 13.2. The molecule has 0 unspecified atom stereocenters. The Hall–Kier alpha value is -3.21. The van der Waals surface area contributed by atoms with E-state index in [-0.39, 0.29) is 11.9 Å². The molecule has 0 saturated carbocycles. The summed E-state index contributed by atoms with van der Waals surface area (Å²) in [6, 6.07) is 15.8. The first-order valence-corrected chi connectivity index (χ1v) is 11.1. The zero-order valence-electron chi connectivity index (χ0n) is 17.7. The maximum Gasteiger partial charge on any atom is 0.339 e. The van der Waals surface area contributed by atoms with Gasteiger partial charge in [-0.05, 0) is 68.2 Å². The average molecular weight is 415 g/mol. The largest absolute Gasteiger partial charge is 0.449 e. The monoisotopic (exact) mass is 414 g/mol.